The van der Waals surface area contributed by atoms with Gasteiger partial charge in [-0.3, -0.25) is 5.41 Å². The van der Waals surface area contributed by atoms with Crippen molar-refractivity contribution in [3.63, 3.8) is 0 Å². The van der Waals surface area contributed by atoms with Crippen LogP contribution in [-0.2, 0) is 0 Å². The third kappa shape index (κ3) is 1.54. The van der Waals surface area contributed by atoms with Gasteiger partial charge in [-0.25, -0.2) is 9.37 Å². The summed E-state index contributed by atoms with van der Waals surface area (Å²) in [6.07, 6.45) is 0. The molecule has 0 aliphatic heterocycles. The largest absolute Gasteiger partial charge is 0.384 e. The molecule has 0 aliphatic rings. The molecule has 4 heteroatoms. The number of halogens is 1. The van der Waals surface area contributed by atoms with E-state index in [0.717, 1.165) is 0 Å². The van der Waals surface area contributed by atoms with E-state index in [1.165, 1.54) is 6.07 Å². The molecule has 0 saturated carbocycles. The SMILES string of the molecule is Cc1cc(C(=N)N)c2cccc(F)c2n1. The van der Waals surface area contributed by atoms with Gasteiger partial charge >= 0.3 is 0 Å². The van der Waals surface area contributed by atoms with Crippen LogP contribution in [0.4, 0.5) is 4.39 Å². The molecular formula is C11H10FN3. The van der Waals surface area contributed by atoms with Gasteiger partial charge in [0.2, 0.25) is 0 Å². The predicted molar refractivity (Wildman–Crippen MR) is 57.5 cm³/mol. The van der Waals surface area contributed by atoms with Gasteiger partial charge in [0.05, 0.1) is 0 Å². The minimum absolute atomic E-state index is 0.0731. The summed E-state index contributed by atoms with van der Waals surface area (Å²) in [6.45, 7) is 1.75. The Morgan fingerprint density at radius 1 is 1.47 bits per heavy atom. The van der Waals surface area contributed by atoms with Crippen LogP contribution < -0.4 is 5.73 Å². The molecule has 2 rings (SSSR count). The van der Waals surface area contributed by atoms with Crippen LogP contribution in [0, 0.1) is 18.2 Å². The molecule has 0 unspecified atom stereocenters. The van der Waals surface area contributed by atoms with Crippen molar-refractivity contribution >= 4 is 16.7 Å². The molecule has 3 nitrogen and oxygen atoms in total. The first kappa shape index (κ1) is 9.58. The number of hydrogen-bond donors (Lipinski definition) is 2. The molecule has 0 atom stereocenters. The normalized spacial score (nSPS) is 10.5. The first-order valence-corrected chi connectivity index (χ1v) is 4.50. The molecule has 0 fully saturated rings. The van der Waals surface area contributed by atoms with E-state index >= 15 is 0 Å². The highest BCUT2D eigenvalue weighted by Crippen LogP contribution is 2.20. The van der Waals surface area contributed by atoms with Gasteiger partial charge in [-0.15, -0.1) is 0 Å². The highest BCUT2D eigenvalue weighted by atomic mass is 19.1. The van der Waals surface area contributed by atoms with Crippen molar-refractivity contribution in [1.29, 1.82) is 5.41 Å². The maximum absolute atomic E-state index is 13.4. The fourth-order valence-electron chi connectivity index (χ4n) is 1.56. The molecule has 0 saturated heterocycles. The summed E-state index contributed by atoms with van der Waals surface area (Å²) < 4.78 is 13.4. The van der Waals surface area contributed by atoms with Gasteiger partial charge in [0.1, 0.15) is 17.2 Å². The third-order valence-corrected chi connectivity index (χ3v) is 2.21. The van der Waals surface area contributed by atoms with E-state index in [9.17, 15) is 4.39 Å². The fraction of sp³-hybridized carbons (Fsp3) is 0.0909. The predicted octanol–water partition coefficient (Wildman–Crippen LogP) is 1.97. The second-order valence-corrected chi connectivity index (χ2v) is 3.36. The average Bonchev–Trinajstić information content (AvgIpc) is 2.18. The molecule has 76 valence electrons. The number of nitrogens with zero attached hydrogens (tertiary/aromatic N) is 1. The van der Waals surface area contributed by atoms with Crippen LogP contribution in [0.3, 0.4) is 0 Å². The smallest absolute Gasteiger partial charge is 0.149 e. The number of pyridine rings is 1. The topological polar surface area (TPSA) is 62.8 Å². The number of aromatic nitrogens is 1. The Labute approximate surface area is 86.3 Å². The number of benzene rings is 1. The summed E-state index contributed by atoms with van der Waals surface area (Å²) in [6, 6.07) is 6.32. The van der Waals surface area contributed by atoms with E-state index in [2.05, 4.69) is 4.98 Å². The number of para-hydroxylation sites is 1. The number of nitrogens with two attached hydrogens (primary N) is 1. The van der Waals surface area contributed by atoms with Crippen LogP contribution in [0.25, 0.3) is 10.9 Å². The Morgan fingerprint density at radius 3 is 2.87 bits per heavy atom. The number of nitrogen functional groups attached to an aromatic ring is 1. The molecule has 0 amide bonds. The summed E-state index contributed by atoms with van der Waals surface area (Å²) in [4.78, 5) is 4.09. The van der Waals surface area contributed by atoms with Crippen LogP contribution in [-0.4, -0.2) is 10.8 Å². The summed E-state index contributed by atoms with van der Waals surface area (Å²) in [5.74, 6) is -0.463. The second kappa shape index (κ2) is 3.31. The number of hydrogen-bond acceptors (Lipinski definition) is 2. The van der Waals surface area contributed by atoms with Gasteiger partial charge in [-0.2, -0.15) is 0 Å². The van der Waals surface area contributed by atoms with Gasteiger partial charge in [0.15, 0.2) is 0 Å². The standard InChI is InChI=1S/C11H10FN3/c1-6-5-8(11(13)14)7-3-2-4-9(12)10(7)15-6/h2-5H,1H3,(H3,13,14). The van der Waals surface area contributed by atoms with Gasteiger partial charge in [-0.1, -0.05) is 12.1 Å². The monoisotopic (exact) mass is 203 g/mol. The van der Waals surface area contributed by atoms with Gasteiger partial charge < -0.3 is 5.73 Å². The Kier molecular flexibility index (Phi) is 2.11. The van der Waals surface area contributed by atoms with Crippen molar-refractivity contribution in [3.8, 4) is 0 Å². The maximum Gasteiger partial charge on any atom is 0.149 e. The molecule has 3 N–H and O–H groups in total. The zero-order chi connectivity index (χ0) is 11.0. The number of aryl methyl sites for hydroxylation is 1. The molecule has 1 aromatic heterocycles. The fourth-order valence-corrected chi connectivity index (χ4v) is 1.56. The lowest BCUT2D eigenvalue weighted by molar-refractivity contribution is 0.636. The Hall–Kier alpha value is -1.97. The minimum Gasteiger partial charge on any atom is -0.384 e. The van der Waals surface area contributed by atoms with Crippen molar-refractivity contribution in [2.45, 2.75) is 6.92 Å². The van der Waals surface area contributed by atoms with Crippen LogP contribution in [0.15, 0.2) is 24.3 Å². The molecule has 1 heterocycles. The summed E-state index contributed by atoms with van der Waals surface area (Å²) in [5, 5.41) is 7.99. The van der Waals surface area contributed by atoms with E-state index in [0.29, 0.717) is 16.6 Å². The number of nitrogens with one attached hydrogen (secondary N) is 1. The molecule has 0 aliphatic carbocycles. The Balaban J connectivity index is 2.92. The number of amidine groups is 1. The second-order valence-electron chi connectivity index (χ2n) is 3.36. The Morgan fingerprint density at radius 2 is 2.20 bits per heavy atom. The zero-order valence-electron chi connectivity index (χ0n) is 8.21. The van der Waals surface area contributed by atoms with Crippen LogP contribution in [0.1, 0.15) is 11.3 Å². The molecule has 2 aromatic rings. The first-order valence-electron chi connectivity index (χ1n) is 4.50. The molecule has 15 heavy (non-hydrogen) atoms. The number of fused-ring (bicyclic) bond motifs is 1. The average molecular weight is 203 g/mol. The first-order chi connectivity index (χ1) is 7.09. The number of rotatable bonds is 1. The molecule has 0 bridgehead atoms. The van der Waals surface area contributed by atoms with E-state index in [1.807, 2.05) is 0 Å². The highest BCUT2D eigenvalue weighted by molar-refractivity contribution is 6.06. The summed E-state index contributed by atoms with van der Waals surface area (Å²) >= 11 is 0. The molecule has 1 aromatic carbocycles. The summed E-state index contributed by atoms with van der Waals surface area (Å²) in [7, 11) is 0. The van der Waals surface area contributed by atoms with Crippen molar-refractivity contribution in [1.82, 2.24) is 4.98 Å². The lowest BCUT2D eigenvalue weighted by Crippen LogP contribution is -2.12. The van der Waals surface area contributed by atoms with E-state index in [1.54, 1.807) is 25.1 Å². The van der Waals surface area contributed by atoms with Crippen molar-refractivity contribution < 1.29 is 4.39 Å². The molecule has 0 radical (unpaired) electrons. The van der Waals surface area contributed by atoms with Crippen LogP contribution >= 0.6 is 0 Å². The summed E-state index contributed by atoms with van der Waals surface area (Å²) in [5.41, 5.74) is 6.87. The van der Waals surface area contributed by atoms with Gasteiger partial charge in [0, 0.05) is 16.6 Å². The van der Waals surface area contributed by atoms with E-state index < -0.39 is 5.82 Å². The third-order valence-electron chi connectivity index (χ3n) is 2.21. The van der Waals surface area contributed by atoms with Gasteiger partial charge in [-0.05, 0) is 19.1 Å². The highest BCUT2D eigenvalue weighted by Gasteiger charge is 2.09. The van der Waals surface area contributed by atoms with E-state index in [-0.39, 0.29) is 11.4 Å². The lowest BCUT2D eigenvalue weighted by atomic mass is 10.1. The minimum atomic E-state index is -0.390. The molecular weight excluding hydrogens is 193 g/mol. The van der Waals surface area contributed by atoms with Crippen LogP contribution in [0.2, 0.25) is 0 Å². The van der Waals surface area contributed by atoms with Crippen LogP contribution in [0.5, 0.6) is 0 Å². The van der Waals surface area contributed by atoms with Crippen molar-refractivity contribution in [2.75, 3.05) is 0 Å². The van der Waals surface area contributed by atoms with Crippen molar-refractivity contribution in [2.24, 2.45) is 5.73 Å². The quantitative estimate of drug-likeness (QED) is 0.549. The van der Waals surface area contributed by atoms with Crippen molar-refractivity contribution in [3.05, 3.63) is 41.3 Å². The maximum atomic E-state index is 13.4. The zero-order valence-corrected chi connectivity index (χ0v) is 8.21. The molecule has 0 spiro atoms. The lowest BCUT2D eigenvalue weighted by Gasteiger charge is -2.06. The van der Waals surface area contributed by atoms with Gasteiger partial charge in [0.25, 0.3) is 0 Å². The Bertz CT molecular complexity index is 549. The van der Waals surface area contributed by atoms with E-state index in [4.69, 9.17) is 11.1 Å².